The van der Waals surface area contributed by atoms with Crippen LogP contribution in [0.25, 0.3) is 21.9 Å². The van der Waals surface area contributed by atoms with Crippen molar-refractivity contribution in [3.63, 3.8) is 0 Å². The second-order valence-electron chi connectivity index (χ2n) is 4.11. The Labute approximate surface area is 108 Å². The number of hydrogen-bond donors (Lipinski definition) is 2. The van der Waals surface area contributed by atoms with Gasteiger partial charge >= 0.3 is 0 Å². The smallest absolute Gasteiger partial charge is 0.271 e. The van der Waals surface area contributed by atoms with Crippen molar-refractivity contribution in [2.24, 2.45) is 5.84 Å². The average molecular weight is 256 g/mol. The van der Waals surface area contributed by atoms with Crippen molar-refractivity contribution in [2.45, 2.75) is 0 Å². The number of hydrogen-bond acceptors (Lipinski definition) is 4. The zero-order valence-corrected chi connectivity index (χ0v) is 10.1. The molecule has 0 radical (unpaired) electrons. The molecule has 1 aromatic heterocycles. The second kappa shape index (κ2) is 4.62. The molecule has 1 heterocycles. The molecule has 0 fully saturated rings. The summed E-state index contributed by atoms with van der Waals surface area (Å²) in [5.74, 6) is 5.21. The van der Waals surface area contributed by atoms with Crippen LogP contribution in [0.1, 0.15) is 0 Å². The molecule has 0 aliphatic carbocycles. The van der Waals surface area contributed by atoms with Gasteiger partial charge in [0.05, 0.1) is 0 Å². The lowest BCUT2D eigenvalue weighted by Gasteiger charge is -2.04. The Morgan fingerprint density at radius 2 is 1.95 bits per heavy atom. The number of furan rings is 1. The van der Waals surface area contributed by atoms with E-state index in [1.807, 2.05) is 41.8 Å². The minimum atomic E-state index is -0.378. The molecule has 3 aromatic rings. The van der Waals surface area contributed by atoms with Crippen LogP contribution in [-0.4, -0.2) is 12.5 Å². The molecular weight excluding hydrogens is 244 g/mol. The summed E-state index contributed by atoms with van der Waals surface area (Å²) in [7, 11) is 0. The lowest BCUT2D eigenvalue weighted by Crippen LogP contribution is -2.34. The Balaban J connectivity index is 1.99. The minimum absolute atomic E-state index is 0.113. The topological polar surface area (TPSA) is 77.5 Å². The van der Waals surface area contributed by atoms with Crippen molar-refractivity contribution in [3.05, 3.63) is 42.5 Å². The Morgan fingerprint density at radius 1 is 1.16 bits per heavy atom. The van der Waals surface area contributed by atoms with Gasteiger partial charge in [-0.15, -0.1) is 0 Å². The fourth-order valence-corrected chi connectivity index (χ4v) is 1.99. The van der Waals surface area contributed by atoms with E-state index in [2.05, 4.69) is 0 Å². The zero-order valence-electron chi connectivity index (χ0n) is 10.1. The maximum atomic E-state index is 11.0. The van der Waals surface area contributed by atoms with Gasteiger partial charge in [-0.05, 0) is 24.3 Å². The van der Waals surface area contributed by atoms with Gasteiger partial charge in [-0.1, -0.05) is 18.2 Å². The van der Waals surface area contributed by atoms with E-state index < -0.39 is 0 Å². The standard InChI is InChI=1S/C14H12N2O3/c15-16-14(17)8-18-9-5-6-13-11(7-9)10-3-1-2-4-12(10)19-13/h1-7H,8,15H2,(H,16,17). The highest BCUT2D eigenvalue weighted by Crippen LogP contribution is 2.31. The molecule has 0 saturated carbocycles. The minimum Gasteiger partial charge on any atom is -0.484 e. The van der Waals surface area contributed by atoms with E-state index >= 15 is 0 Å². The number of carbonyl (C=O) groups excluding carboxylic acids is 1. The fraction of sp³-hybridized carbons (Fsp3) is 0.0714. The number of fused-ring (bicyclic) bond motifs is 3. The van der Waals surface area contributed by atoms with Crippen molar-refractivity contribution < 1.29 is 13.9 Å². The third-order valence-corrected chi connectivity index (χ3v) is 2.88. The molecule has 19 heavy (non-hydrogen) atoms. The first kappa shape index (κ1) is 11.6. The maximum absolute atomic E-state index is 11.0. The summed E-state index contributed by atoms with van der Waals surface area (Å²) in [4.78, 5) is 11.0. The number of nitrogens with one attached hydrogen (secondary N) is 1. The number of benzene rings is 2. The summed E-state index contributed by atoms with van der Waals surface area (Å²) in [6.07, 6.45) is 0. The summed E-state index contributed by atoms with van der Waals surface area (Å²) in [6.45, 7) is -0.113. The molecule has 0 unspecified atom stereocenters. The molecule has 0 saturated heterocycles. The monoisotopic (exact) mass is 256 g/mol. The van der Waals surface area contributed by atoms with Crippen LogP contribution in [0, 0.1) is 0 Å². The molecule has 96 valence electrons. The predicted octanol–water partition coefficient (Wildman–Crippen LogP) is 1.95. The molecule has 0 aliphatic heterocycles. The molecule has 3 rings (SSSR count). The van der Waals surface area contributed by atoms with Gasteiger partial charge in [0.25, 0.3) is 5.91 Å². The van der Waals surface area contributed by atoms with Crippen molar-refractivity contribution in [2.75, 3.05) is 6.61 Å². The van der Waals surface area contributed by atoms with E-state index in [-0.39, 0.29) is 12.5 Å². The van der Waals surface area contributed by atoms with Gasteiger partial charge in [-0.3, -0.25) is 10.2 Å². The molecule has 2 aromatic carbocycles. The van der Waals surface area contributed by atoms with Crippen LogP contribution in [0.15, 0.2) is 46.9 Å². The maximum Gasteiger partial charge on any atom is 0.271 e. The Kier molecular flexibility index (Phi) is 2.81. The molecule has 0 atom stereocenters. The Morgan fingerprint density at radius 3 is 2.79 bits per heavy atom. The quantitative estimate of drug-likeness (QED) is 0.426. The molecule has 5 heteroatoms. The highest BCUT2D eigenvalue weighted by atomic mass is 16.5. The first-order valence-corrected chi connectivity index (χ1v) is 5.81. The van der Waals surface area contributed by atoms with Gasteiger partial charge in [-0.2, -0.15) is 0 Å². The van der Waals surface area contributed by atoms with Gasteiger partial charge in [0.1, 0.15) is 16.9 Å². The highest BCUT2D eigenvalue weighted by molar-refractivity contribution is 6.05. The highest BCUT2D eigenvalue weighted by Gasteiger charge is 2.08. The van der Waals surface area contributed by atoms with Crippen LogP contribution >= 0.6 is 0 Å². The van der Waals surface area contributed by atoms with E-state index in [0.717, 1.165) is 21.9 Å². The van der Waals surface area contributed by atoms with Crippen LogP contribution in [0.4, 0.5) is 0 Å². The van der Waals surface area contributed by atoms with Crippen LogP contribution in [0.2, 0.25) is 0 Å². The van der Waals surface area contributed by atoms with Gasteiger partial charge in [-0.25, -0.2) is 5.84 Å². The van der Waals surface area contributed by atoms with Crippen molar-refractivity contribution in [1.82, 2.24) is 5.43 Å². The summed E-state index contributed by atoms with van der Waals surface area (Å²) < 4.78 is 11.1. The van der Waals surface area contributed by atoms with Crippen molar-refractivity contribution in [1.29, 1.82) is 0 Å². The third-order valence-electron chi connectivity index (χ3n) is 2.88. The average Bonchev–Trinajstić information content (AvgIpc) is 2.82. The predicted molar refractivity (Wildman–Crippen MR) is 71.5 cm³/mol. The SMILES string of the molecule is NNC(=O)COc1ccc2oc3ccccc3c2c1. The normalized spacial score (nSPS) is 10.8. The molecule has 0 aliphatic rings. The summed E-state index contributed by atoms with van der Waals surface area (Å²) in [5.41, 5.74) is 3.63. The lowest BCUT2D eigenvalue weighted by molar-refractivity contribution is -0.123. The van der Waals surface area contributed by atoms with E-state index in [9.17, 15) is 4.79 Å². The molecule has 1 amide bonds. The fourth-order valence-electron chi connectivity index (χ4n) is 1.99. The van der Waals surface area contributed by atoms with Gasteiger partial charge in [0, 0.05) is 10.8 Å². The van der Waals surface area contributed by atoms with Crippen molar-refractivity contribution >= 4 is 27.8 Å². The van der Waals surface area contributed by atoms with Crippen LogP contribution in [0.5, 0.6) is 5.75 Å². The second-order valence-corrected chi connectivity index (χ2v) is 4.11. The van der Waals surface area contributed by atoms with Gasteiger partial charge < -0.3 is 9.15 Å². The third kappa shape index (κ3) is 2.11. The summed E-state index contributed by atoms with van der Waals surface area (Å²) in [6, 6.07) is 13.2. The van der Waals surface area contributed by atoms with Crippen LogP contribution < -0.4 is 16.0 Å². The number of carbonyl (C=O) groups is 1. The first-order chi connectivity index (χ1) is 9.28. The van der Waals surface area contributed by atoms with Crippen LogP contribution in [0.3, 0.4) is 0 Å². The number of amides is 1. The van der Waals surface area contributed by atoms with E-state index in [0.29, 0.717) is 5.75 Å². The molecular formula is C14H12N2O3. The number of ether oxygens (including phenoxy) is 1. The largest absolute Gasteiger partial charge is 0.484 e. The summed E-state index contributed by atoms with van der Waals surface area (Å²) in [5, 5.41) is 1.98. The number of hydrazine groups is 1. The molecule has 5 nitrogen and oxygen atoms in total. The first-order valence-electron chi connectivity index (χ1n) is 5.81. The van der Waals surface area contributed by atoms with E-state index in [1.165, 1.54) is 0 Å². The van der Waals surface area contributed by atoms with E-state index in [1.54, 1.807) is 6.07 Å². The number of para-hydroxylation sites is 1. The lowest BCUT2D eigenvalue weighted by atomic mass is 10.1. The van der Waals surface area contributed by atoms with Gasteiger partial charge in [0.2, 0.25) is 0 Å². The Hall–Kier alpha value is -2.53. The molecule has 0 spiro atoms. The van der Waals surface area contributed by atoms with Gasteiger partial charge in [0.15, 0.2) is 6.61 Å². The van der Waals surface area contributed by atoms with Crippen molar-refractivity contribution in [3.8, 4) is 5.75 Å². The molecule has 0 bridgehead atoms. The number of rotatable bonds is 3. The number of nitrogens with two attached hydrogens (primary N) is 1. The molecule has 3 N–H and O–H groups in total. The Bertz CT molecular complexity index is 749. The van der Waals surface area contributed by atoms with Crippen LogP contribution in [-0.2, 0) is 4.79 Å². The zero-order chi connectivity index (χ0) is 13.2. The summed E-state index contributed by atoms with van der Waals surface area (Å²) >= 11 is 0. The van der Waals surface area contributed by atoms with E-state index in [4.69, 9.17) is 15.0 Å².